The average molecular weight is 291 g/mol. The van der Waals surface area contributed by atoms with Gasteiger partial charge in [0.1, 0.15) is 5.75 Å². The molecule has 0 heterocycles. The summed E-state index contributed by atoms with van der Waals surface area (Å²) in [6.45, 7) is 2.50. The smallest absolute Gasteiger partial charge is 0.307 e. The standard InChI is InChI=1S/C16H21NO4/c1-2-21-12-9-7-11(8-10-12)17-15(18)13-5-3-4-6-14(13)16(19)20/h7-10,13-14H,2-6H2,1H3,(H,17,18)(H,19,20)/t13-,14-/m0/s1. The van der Waals surface area contributed by atoms with Crippen molar-refractivity contribution in [2.45, 2.75) is 32.6 Å². The van der Waals surface area contributed by atoms with Crippen molar-refractivity contribution in [3.63, 3.8) is 0 Å². The third-order valence-corrected chi connectivity index (χ3v) is 3.85. The SMILES string of the molecule is CCOc1ccc(NC(=O)[C@H]2CCCC[C@@H]2C(=O)O)cc1. The van der Waals surface area contributed by atoms with Crippen molar-refractivity contribution < 1.29 is 19.4 Å². The Labute approximate surface area is 124 Å². The predicted octanol–water partition coefficient (Wildman–Crippen LogP) is 2.91. The van der Waals surface area contributed by atoms with Gasteiger partial charge in [-0.2, -0.15) is 0 Å². The number of aliphatic carboxylic acids is 1. The number of carbonyl (C=O) groups excluding carboxylic acids is 1. The van der Waals surface area contributed by atoms with Crippen LogP contribution >= 0.6 is 0 Å². The number of hydrogen-bond acceptors (Lipinski definition) is 3. The molecule has 5 heteroatoms. The quantitative estimate of drug-likeness (QED) is 0.874. The van der Waals surface area contributed by atoms with Crippen LogP contribution in [0.15, 0.2) is 24.3 Å². The summed E-state index contributed by atoms with van der Waals surface area (Å²) in [7, 11) is 0. The fraction of sp³-hybridized carbons (Fsp3) is 0.500. The highest BCUT2D eigenvalue weighted by molar-refractivity contribution is 5.95. The normalized spacial score (nSPS) is 21.6. The fourth-order valence-corrected chi connectivity index (χ4v) is 2.78. The first-order valence-corrected chi connectivity index (χ1v) is 7.38. The second-order valence-electron chi connectivity index (χ2n) is 5.28. The van der Waals surface area contributed by atoms with Crippen LogP contribution in [0.25, 0.3) is 0 Å². The molecule has 0 aliphatic heterocycles. The van der Waals surface area contributed by atoms with Gasteiger partial charge in [0.25, 0.3) is 0 Å². The van der Waals surface area contributed by atoms with Crippen LogP contribution in [-0.4, -0.2) is 23.6 Å². The maximum absolute atomic E-state index is 12.3. The number of rotatable bonds is 5. The van der Waals surface area contributed by atoms with Gasteiger partial charge in [0.05, 0.1) is 18.4 Å². The van der Waals surface area contributed by atoms with E-state index >= 15 is 0 Å². The number of benzene rings is 1. The van der Waals surface area contributed by atoms with Crippen LogP contribution in [0.3, 0.4) is 0 Å². The molecule has 0 spiro atoms. The zero-order valence-corrected chi connectivity index (χ0v) is 12.2. The molecule has 1 aromatic rings. The number of carbonyl (C=O) groups is 2. The Hall–Kier alpha value is -2.04. The van der Waals surface area contributed by atoms with Crippen molar-refractivity contribution in [1.29, 1.82) is 0 Å². The molecule has 1 amide bonds. The molecular formula is C16H21NO4. The number of nitrogens with one attached hydrogen (secondary N) is 1. The summed E-state index contributed by atoms with van der Waals surface area (Å²) in [5.41, 5.74) is 0.665. The summed E-state index contributed by atoms with van der Waals surface area (Å²) in [5, 5.41) is 12.0. The highest BCUT2D eigenvalue weighted by Gasteiger charge is 2.35. The van der Waals surface area contributed by atoms with Gasteiger partial charge in [-0.3, -0.25) is 9.59 Å². The lowest BCUT2D eigenvalue weighted by Gasteiger charge is -2.27. The molecule has 21 heavy (non-hydrogen) atoms. The Morgan fingerprint density at radius 2 is 1.81 bits per heavy atom. The van der Waals surface area contributed by atoms with E-state index in [9.17, 15) is 14.7 Å². The molecule has 2 rings (SSSR count). The van der Waals surface area contributed by atoms with Crippen LogP contribution in [0.2, 0.25) is 0 Å². The van der Waals surface area contributed by atoms with E-state index in [0.717, 1.165) is 18.6 Å². The molecular weight excluding hydrogens is 270 g/mol. The Morgan fingerprint density at radius 3 is 2.38 bits per heavy atom. The molecule has 0 saturated heterocycles. The number of carboxylic acids is 1. The zero-order valence-electron chi connectivity index (χ0n) is 12.2. The summed E-state index contributed by atoms with van der Waals surface area (Å²) in [4.78, 5) is 23.5. The Morgan fingerprint density at radius 1 is 1.19 bits per heavy atom. The molecule has 1 aliphatic rings. The average Bonchev–Trinajstić information content (AvgIpc) is 2.49. The van der Waals surface area contributed by atoms with E-state index in [2.05, 4.69) is 5.32 Å². The van der Waals surface area contributed by atoms with Gasteiger partial charge in [-0.05, 0) is 44.0 Å². The highest BCUT2D eigenvalue weighted by atomic mass is 16.5. The summed E-state index contributed by atoms with van der Waals surface area (Å²) in [6.07, 6.45) is 3.01. The van der Waals surface area contributed by atoms with Gasteiger partial charge < -0.3 is 15.2 Å². The van der Waals surface area contributed by atoms with Crippen LogP contribution < -0.4 is 10.1 Å². The van der Waals surface area contributed by atoms with Crippen LogP contribution in [0.1, 0.15) is 32.6 Å². The topological polar surface area (TPSA) is 75.6 Å². The van der Waals surface area contributed by atoms with E-state index in [1.807, 2.05) is 6.92 Å². The molecule has 2 N–H and O–H groups in total. The largest absolute Gasteiger partial charge is 0.494 e. The number of amides is 1. The van der Waals surface area contributed by atoms with E-state index < -0.39 is 17.8 Å². The lowest BCUT2D eigenvalue weighted by atomic mass is 9.78. The second kappa shape index (κ2) is 7.11. The number of hydrogen-bond donors (Lipinski definition) is 2. The fourth-order valence-electron chi connectivity index (χ4n) is 2.78. The van der Waals surface area contributed by atoms with Gasteiger partial charge in [0.15, 0.2) is 0 Å². The van der Waals surface area contributed by atoms with Gasteiger partial charge in [-0.1, -0.05) is 12.8 Å². The lowest BCUT2D eigenvalue weighted by molar-refractivity contribution is -0.147. The summed E-state index contributed by atoms with van der Waals surface area (Å²) >= 11 is 0. The van der Waals surface area contributed by atoms with Crippen molar-refractivity contribution in [3.05, 3.63) is 24.3 Å². The third kappa shape index (κ3) is 3.97. The van der Waals surface area contributed by atoms with E-state index in [1.54, 1.807) is 24.3 Å². The van der Waals surface area contributed by atoms with E-state index in [-0.39, 0.29) is 5.91 Å². The predicted molar refractivity (Wildman–Crippen MR) is 79.3 cm³/mol. The Kier molecular flexibility index (Phi) is 5.20. The molecule has 5 nitrogen and oxygen atoms in total. The summed E-state index contributed by atoms with van der Waals surface area (Å²) < 4.78 is 5.34. The van der Waals surface area contributed by atoms with Crippen LogP contribution in [0.4, 0.5) is 5.69 Å². The van der Waals surface area contributed by atoms with Gasteiger partial charge in [0, 0.05) is 5.69 Å². The minimum atomic E-state index is -0.874. The highest BCUT2D eigenvalue weighted by Crippen LogP contribution is 2.31. The van der Waals surface area contributed by atoms with Crippen molar-refractivity contribution in [1.82, 2.24) is 0 Å². The second-order valence-corrected chi connectivity index (χ2v) is 5.28. The number of ether oxygens (including phenoxy) is 1. The first-order valence-electron chi connectivity index (χ1n) is 7.38. The first-order chi connectivity index (χ1) is 10.1. The van der Waals surface area contributed by atoms with E-state index in [0.29, 0.717) is 25.1 Å². The molecule has 0 bridgehead atoms. The summed E-state index contributed by atoms with van der Waals surface area (Å²) in [5.74, 6) is -1.34. The van der Waals surface area contributed by atoms with Crippen LogP contribution in [0, 0.1) is 11.8 Å². The van der Waals surface area contributed by atoms with Gasteiger partial charge >= 0.3 is 5.97 Å². The molecule has 1 aromatic carbocycles. The van der Waals surface area contributed by atoms with Crippen molar-refractivity contribution >= 4 is 17.6 Å². The first kappa shape index (κ1) is 15.4. The van der Waals surface area contributed by atoms with Gasteiger partial charge in [-0.15, -0.1) is 0 Å². The summed E-state index contributed by atoms with van der Waals surface area (Å²) in [6, 6.07) is 7.10. The molecule has 0 aromatic heterocycles. The molecule has 2 atom stereocenters. The van der Waals surface area contributed by atoms with Crippen LogP contribution in [-0.2, 0) is 9.59 Å². The van der Waals surface area contributed by atoms with Gasteiger partial charge in [0.2, 0.25) is 5.91 Å². The van der Waals surface area contributed by atoms with Crippen molar-refractivity contribution in [3.8, 4) is 5.75 Å². The van der Waals surface area contributed by atoms with Crippen molar-refractivity contribution in [2.75, 3.05) is 11.9 Å². The Bertz CT molecular complexity index is 498. The lowest BCUT2D eigenvalue weighted by Crippen LogP contribution is -2.36. The van der Waals surface area contributed by atoms with E-state index in [1.165, 1.54) is 0 Å². The van der Waals surface area contributed by atoms with E-state index in [4.69, 9.17) is 4.74 Å². The molecule has 114 valence electrons. The Balaban J connectivity index is 2.00. The zero-order chi connectivity index (χ0) is 15.2. The minimum Gasteiger partial charge on any atom is -0.494 e. The molecule has 1 fully saturated rings. The molecule has 0 radical (unpaired) electrons. The third-order valence-electron chi connectivity index (χ3n) is 3.85. The van der Waals surface area contributed by atoms with Crippen molar-refractivity contribution in [2.24, 2.45) is 11.8 Å². The van der Waals surface area contributed by atoms with Crippen LogP contribution in [0.5, 0.6) is 5.75 Å². The minimum absolute atomic E-state index is 0.203. The molecule has 1 saturated carbocycles. The molecule has 0 unspecified atom stereocenters. The molecule has 1 aliphatic carbocycles. The number of anilines is 1. The number of carboxylic acid groups (broad SMARTS) is 1. The maximum atomic E-state index is 12.3. The van der Waals surface area contributed by atoms with Gasteiger partial charge in [-0.25, -0.2) is 0 Å². The maximum Gasteiger partial charge on any atom is 0.307 e. The monoisotopic (exact) mass is 291 g/mol.